The Kier molecular flexibility index (Phi) is 4.75. The standard InChI is InChI=1S/C20H18N2O4/c23-18(24)14-11-12-20(19(25)26,22-16-9-5-2-6-10-16)17(13-14)21-15-7-3-1-4-8-15/h1-13,17,21-22H,(H,23,24)(H,25,26). The van der Waals surface area contributed by atoms with Crippen molar-refractivity contribution in [3.8, 4) is 0 Å². The first-order valence-corrected chi connectivity index (χ1v) is 8.04. The zero-order chi connectivity index (χ0) is 18.6. The van der Waals surface area contributed by atoms with Crippen LogP contribution < -0.4 is 10.6 Å². The molecule has 2 aromatic carbocycles. The molecule has 0 radical (unpaired) electrons. The number of rotatable bonds is 6. The first-order valence-electron chi connectivity index (χ1n) is 8.04. The number of benzene rings is 2. The lowest BCUT2D eigenvalue weighted by Gasteiger charge is -2.37. The van der Waals surface area contributed by atoms with E-state index in [4.69, 9.17) is 0 Å². The number of nitrogens with one attached hydrogen (secondary N) is 2. The lowest BCUT2D eigenvalue weighted by molar-refractivity contribution is -0.141. The van der Waals surface area contributed by atoms with Crippen LogP contribution in [0.2, 0.25) is 0 Å². The molecule has 3 rings (SSSR count). The SMILES string of the molecule is O=C(O)C1=CC(Nc2ccccc2)C(Nc2ccccc2)(C(=O)O)C=C1. The number of hydrogen-bond donors (Lipinski definition) is 4. The van der Waals surface area contributed by atoms with Crippen molar-refractivity contribution < 1.29 is 19.8 Å². The van der Waals surface area contributed by atoms with E-state index in [-0.39, 0.29) is 5.57 Å². The second-order valence-electron chi connectivity index (χ2n) is 5.91. The van der Waals surface area contributed by atoms with Gasteiger partial charge in [0, 0.05) is 11.4 Å². The van der Waals surface area contributed by atoms with E-state index in [9.17, 15) is 19.8 Å². The van der Waals surface area contributed by atoms with Gasteiger partial charge in [-0.3, -0.25) is 0 Å². The summed E-state index contributed by atoms with van der Waals surface area (Å²) < 4.78 is 0. The minimum atomic E-state index is -1.55. The summed E-state index contributed by atoms with van der Waals surface area (Å²) in [6.07, 6.45) is 4.11. The highest BCUT2D eigenvalue weighted by Crippen LogP contribution is 2.29. The van der Waals surface area contributed by atoms with Crippen LogP contribution in [0.1, 0.15) is 0 Å². The molecule has 1 aliphatic rings. The van der Waals surface area contributed by atoms with E-state index in [1.54, 1.807) is 36.4 Å². The molecule has 0 heterocycles. The van der Waals surface area contributed by atoms with Gasteiger partial charge in [0.05, 0.1) is 11.6 Å². The predicted octanol–water partition coefficient (Wildman–Crippen LogP) is 2.98. The molecule has 132 valence electrons. The van der Waals surface area contributed by atoms with Crippen LogP contribution in [0.25, 0.3) is 0 Å². The van der Waals surface area contributed by atoms with Gasteiger partial charge < -0.3 is 20.8 Å². The fourth-order valence-electron chi connectivity index (χ4n) is 2.84. The average molecular weight is 350 g/mol. The maximum absolute atomic E-state index is 12.2. The Morgan fingerprint density at radius 3 is 2.00 bits per heavy atom. The van der Waals surface area contributed by atoms with Gasteiger partial charge in [0.2, 0.25) is 0 Å². The summed E-state index contributed by atoms with van der Waals surface area (Å²) in [5, 5.41) is 25.5. The van der Waals surface area contributed by atoms with Gasteiger partial charge in [-0.2, -0.15) is 0 Å². The number of carboxylic acids is 2. The maximum atomic E-state index is 12.2. The van der Waals surface area contributed by atoms with E-state index in [2.05, 4.69) is 10.6 Å². The van der Waals surface area contributed by atoms with Crippen LogP contribution in [0.15, 0.2) is 84.5 Å². The third kappa shape index (κ3) is 3.44. The molecule has 2 aromatic rings. The van der Waals surface area contributed by atoms with E-state index in [0.717, 1.165) is 0 Å². The van der Waals surface area contributed by atoms with E-state index in [0.29, 0.717) is 11.4 Å². The number of carbonyl (C=O) groups is 2. The molecule has 0 saturated heterocycles. The second kappa shape index (κ2) is 7.14. The quantitative estimate of drug-likeness (QED) is 0.639. The molecule has 0 aromatic heterocycles. The number of anilines is 2. The van der Waals surface area contributed by atoms with Crippen LogP contribution in [0.5, 0.6) is 0 Å². The molecule has 1 aliphatic carbocycles. The van der Waals surface area contributed by atoms with Crippen molar-refractivity contribution in [3.63, 3.8) is 0 Å². The van der Waals surface area contributed by atoms with Gasteiger partial charge in [-0.15, -0.1) is 0 Å². The monoisotopic (exact) mass is 350 g/mol. The van der Waals surface area contributed by atoms with Crippen LogP contribution in [-0.2, 0) is 9.59 Å². The fourth-order valence-corrected chi connectivity index (χ4v) is 2.84. The third-order valence-corrected chi connectivity index (χ3v) is 4.18. The van der Waals surface area contributed by atoms with Gasteiger partial charge in [0.15, 0.2) is 5.54 Å². The van der Waals surface area contributed by atoms with Crippen LogP contribution in [-0.4, -0.2) is 33.7 Å². The van der Waals surface area contributed by atoms with Crippen molar-refractivity contribution in [2.24, 2.45) is 0 Å². The van der Waals surface area contributed by atoms with Crippen LogP contribution in [0, 0.1) is 0 Å². The van der Waals surface area contributed by atoms with Crippen molar-refractivity contribution in [3.05, 3.63) is 84.5 Å². The van der Waals surface area contributed by atoms with Crippen LogP contribution >= 0.6 is 0 Å². The molecule has 0 amide bonds. The van der Waals surface area contributed by atoms with Gasteiger partial charge in [-0.1, -0.05) is 36.4 Å². The molecule has 2 atom stereocenters. The van der Waals surface area contributed by atoms with Crippen molar-refractivity contribution in [2.45, 2.75) is 11.6 Å². The average Bonchev–Trinajstić information content (AvgIpc) is 2.64. The van der Waals surface area contributed by atoms with Gasteiger partial charge in [0.1, 0.15) is 0 Å². The minimum absolute atomic E-state index is 0.0326. The van der Waals surface area contributed by atoms with Crippen molar-refractivity contribution >= 4 is 23.3 Å². The number of hydrogen-bond acceptors (Lipinski definition) is 4. The summed E-state index contributed by atoms with van der Waals surface area (Å²) in [4.78, 5) is 23.6. The molecular weight excluding hydrogens is 332 g/mol. The normalized spacial score (nSPS) is 21.5. The smallest absolute Gasteiger partial charge is 0.335 e. The molecule has 6 nitrogen and oxygen atoms in total. The Labute approximate surface area is 150 Å². The van der Waals surface area contributed by atoms with Crippen LogP contribution in [0.3, 0.4) is 0 Å². The Morgan fingerprint density at radius 1 is 0.885 bits per heavy atom. The first kappa shape index (κ1) is 17.3. The number of para-hydroxylation sites is 2. The molecular formula is C20H18N2O4. The van der Waals surface area contributed by atoms with E-state index in [1.165, 1.54) is 18.2 Å². The van der Waals surface area contributed by atoms with Gasteiger partial charge in [-0.25, -0.2) is 9.59 Å². The Bertz CT molecular complexity index is 862. The molecule has 0 aliphatic heterocycles. The summed E-state index contributed by atoms with van der Waals surface area (Å²) in [6, 6.07) is 17.2. The molecule has 0 fully saturated rings. The molecule has 6 heteroatoms. The summed E-state index contributed by atoms with van der Waals surface area (Å²) >= 11 is 0. The highest BCUT2D eigenvalue weighted by Gasteiger charge is 2.45. The predicted molar refractivity (Wildman–Crippen MR) is 99.1 cm³/mol. The minimum Gasteiger partial charge on any atom is -0.479 e. The fraction of sp³-hybridized carbons (Fsp3) is 0.100. The number of aliphatic carboxylic acids is 2. The van der Waals surface area contributed by atoms with E-state index in [1.807, 2.05) is 24.3 Å². The molecule has 26 heavy (non-hydrogen) atoms. The molecule has 0 saturated carbocycles. The molecule has 0 bridgehead atoms. The highest BCUT2D eigenvalue weighted by molar-refractivity contribution is 5.95. The third-order valence-electron chi connectivity index (χ3n) is 4.18. The Morgan fingerprint density at radius 2 is 1.46 bits per heavy atom. The lowest BCUT2D eigenvalue weighted by atomic mass is 9.83. The van der Waals surface area contributed by atoms with Gasteiger partial charge in [0.25, 0.3) is 0 Å². The van der Waals surface area contributed by atoms with Crippen molar-refractivity contribution in [1.29, 1.82) is 0 Å². The zero-order valence-corrected chi connectivity index (χ0v) is 13.8. The van der Waals surface area contributed by atoms with Gasteiger partial charge in [-0.05, 0) is 42.5 Å². The molecule has 2 unspecified atom stereocenters. The van der Waals surface area contributed by atoms with E-state index >= 15 is 0 Å². The molecule has 4 N–H and O–H groups in total. The maximum Gasteiger partial charge on any atom is 0.335 e. The topological polar surface area (TPSA) is 98.7 Å². The molecule has 0 spiro atoms. The van der Waals surface area contributed by atoms with Gasteiger partial charge >= 0.3 is 11.9 Å². The highest BCUT2D eigenvalue weighted by atomic mass is 16.4. The Balaban J connectivity index is 2.03. The Hall–Kier alpha value is -3.54. The van der Waals surface area contributed by atoms with Crippen LogP contribution in [0.4, 0.5) is 11.4 Å². The van der Waals surface area contributed by atoms with Crippen molar-refractivity contribution in [2.75, 3.05) is 10.6 Å². The van der Waals surface area contributed by atoms with Crippen molar-refractivity contribution in [1.82, 2.24) is 0 Å². The summed E-state index contributed by atoms with van der Waals surface area (Å²) in [5.74, 6) is -2.23. The first-order chi connectivity index (χ1) is 12.5. The largest absolute Gasteiger partial charge is 0.479 e. The second-order valence-corrected chi connectivity index (χ2v) is 5.91. The van der Waals surface area contributed by atoms with E-state index < -0.39 is 23.5 Å². The zero-order valence-electron chi connectivity index (χ0n) is 13.8. The lowest BCUT2D eigenvalue weighted by Crippen LogP contribution is -2.57. The summed E-state index contributed by atoms with van der Waals surface area (Å²) in [6.45, 7) is 0. The summed E-state index contributed by atoms with van der Waals surface area (Å²) in [5.41, 5.74) is -0.207. The summed E-state index contributed by atoms with van der Waals surface area (Å²) in [7, 11) is 0. The number of carboxylic acid groups (broad SMARTS) is 2.